The van der Waals surface area contributed by atoms with Crippen LogP contribution in [0.15, 0.2) is 36.4 Å². The molecule has 0 spiro atoms. The van der Waals surface area contributed by atoms with Gasteiger partial charge in [-0.2, -0.15) is 12.7 Å². The van der Waals surface area contributed by atoms with Gasteiger partial charge in [-0.1, -0.05) is 25.3 Å². The van der Waals surface area contributed by atoms with Gasteiger partial charge in [-0.15, -0.1) is 0 Å². The third-order valence-electron chi connectivity index (χ3n) is 12.6. The fourth-order valence-corrected chi connectivity index (χ4v) is 11.1. The van der Waals surface area contributed by atoms with E-state index in [9.17, 15) is 18.0 Å². The summed E-state index contributed by atoms with van der Waals surface area (Å²) in [5.41, 5.74) is 5.33. The highest BCUT2D eigenvalue weighted by molar-refractivity contribution is 7.87. The van der Waals surface area contributed by atoms with Crippen LogP contribution in [0.3, 0.4) is 0 Å². The van der Waals surface area contributed by atoms with Gasteiger partial charge in [-0.05, 0) is 86.0 Å². The lowest BCUT2D eigenvalue weighted by Crippen LogP contribution is -2.54. The zero-order valence-electron chi connectivity index (χ0n) is 28.9. The molecule has 12 heteroatoms. The summed E-state index contributed by atoms with van der Waals surface area (Å²) in [6.45, 7) is 5.12. The smallest absolute Gasteiger partial charge is 0.304 e. The monoisotopic (exact) mass is 701 g/mol. The van der Waals surface area contributed by atoms with Gasteiger partial charge < -0.3 is 18.9 Å². The maximum absolute atomic E-state index is 14.9. The maximum atomic E-state index is 14.9. The van der Waals surface area contributed by atoms with Gasteiger partial charge in [0.1, 0.15) is 5.75 Å². The van der Waals surface area contributed by atoms with Crippen LogP contribution in [0.5, 0.6) is 5.75 Å². The Morgan fingerprint density at radius 1 is 0.940 bits per heavy atom. The Morgan fingerprint density at radius 3 is 2.56 bits per heavy atom. The van der Waals surface area contributed by atoms with E-state index in [1.807, 2.05) is 18.2 Å². The number of nitrogens with zero attached hydrogens (tertiary/aromatic N) is 4. The summed E-state index contributed by atoms with van der Waals surface area (Å²) < 4.78 is 43.3. The third-order valence-corrected chi connectivity index (χ3v) is 14.1. The van der Waals surface area contributed by atoms with E-state index in [1.54, 1.807) is 13.2 Å². The van der Waals surface area contributed by atoms with Crippen molar-refractivity contribution in [2.45, 2.75) is 75.8 Å². The molecule has 2 unspecified atom stereocenters. The lowest BCUT2D eigenvalue weighted by molar-refractivity contribution is -0.140. The maximum Gasteiger partial charge on any atom is 0.304 e. The molecule has 50 heavy (non-hydrogen) atoms. The van der Waals surface area contributed by atoms with Crippen molar-refractivity contribution in [2.75, 3.05) is 59.6 Å². The Bertz CT molecular complexity index is 1960. The molecular formula is C38H47N5O6S. The topological polar surface area (TPSA) is 113 Å². The minimum Gasteiger partial charge on any atom is -0.497 e. The molecule has 0 bridgehead atoms. The van der Waals surface area contributed by atoms with Crippen LogP contribution in [0.1, 0.15) is 84.7 Å². The SMILES string of the molecule is COc1ccc2c(c1)C1CC1(C(=O)N1CCN3CCC[C@H]3C1)Cn1c-2c(C2CCCCC2)c2ccc(C(=O)NS(=O)(=O)N3CCOCC3)cc21. The highest BCUT2D eigenvalue weighted by Gasteiger charge is 2.64. The summed E-state index contributed by atoms with van der Waals surface area (Å²) in [5.74, 6) is 0.802. The van der Waals surface area contributed by atoms with Crippen molar-refractivity contribution < 1.29 is 27.5 Å². The minimum atomic E-state index is -4.03. The number of piperazine rings is 1. The number of fused-ring (bicyclic) bond motifs is 8. The second kappa shape index (κ2) is 12.4. The molecule has 2 aliphatic carbocycles. The molecule has 266 valence electrons. The first-order chi connectivity index (χ1) is 24.3. The first-order valence-electron chi connectivity index (χ1n) is 18.6. The van der Waals surface area contributed by atoms with E-state index in [4.69, 9.17) is 9.47 Å². The number of benzene rings is 2. The second-order valence-corrected chi connectivity index (χ2v) is 17.0. The van der Waals surface area contributed by atoms with E-state index in [0.717, 1.165) is 79.8 Å². The number of morpholine rings is 1. The summed E-state index contributed by atoms with van der Waals surface area (Å²) in [6, 6.07) is 12.4. The second-order valence-electron chi connectivity index (χ2n) is 15.3. The van der Waals surface area contributed by atoms with E-state index < -0.39 is 21.5 Å². The van der Waals surface area contributed by atoms with Crippen LogP contribution < -0.4 is 9.46 Å². The zero-order chi connectivity index (χ0) is 34.2. The van der Waals surface area contributed by atoms with Crippen molar-refractivity contribution in [1.29, 1.82) is 0 Å². The summed E-state index contributed by atoms with van der Waals surface area (Å²) in [6.07, 6.45) is 8.87. The molecule has 5 fully saturated rings. The van der Waals surface area contributed by atoms with Crippen molar-refractivity contribution >= 4 is 32.9 Å². The van der Waals surface area contributed by atoms with Gasteiger partial charge in [0.25, 0.3) is 5.91 Å². The molecule has 5 heterocycles. The van der Waals surface area contributed by atoms with Crippen LogP contribution in [0, 0.1) is 5.41 Å². The van der Waals surface area contributed by atoms with Crippen LogP contribution in [-0.2, 0) is 26.3 Å². The van der Waals surface area contributed by atoms with E-state index in [2.05, 4.69) is 31.2 Å². The van der Waals surface area contributed by atoms with Gasteiger partial charge in [0.15, 0.2) is 0 Å². The number of hydrogen-bond donors (Lipinski definition) is 1. The van der Waals surface area contributed by atoms with Crippen LogP contribution >= 0.6 is 0 Å². The highest BCUT2D eigenvalue weighted by atomic mass is 32.2. The third kappa shape index (κ3) is 5.28. The minimum absolute atomic E-state index is 0.0704. The van der Waals surface area contributed by atoms with Crippen molar-refractivity contribution in [3.63, 3.8) is 0 Å². The van der Waals surface area contributed by atoms with Crippen molar-refractivity contribution in [3.8, 4) is 17.0 Å². The molecule has 2 saturated carbocycles. The number of carbonyl (C=O) groups is 2. The number of carbonyl (C=O) groups excluding carboxylic acids is 2. The van der Waals surface area contributed by atoms with Gasteiger partial charge in [-0.3, -0.25) is 14.5 Å². The fourth-order valence-electron chi connectivity index (χ4n) is 9.94. The lowest BCUT2D eigenvalue weighted by atomic mass is 9.81. The number of hydrogen-bond acceptors (Lipinski definition) is 7. The number of ether oxygens (including phenoxy) is 2. The quantitative estimate of drug-likeness (QED) is 0.404. The molecule has 2 aromatic carbocycles. The molecule has 6 aliphatic rings. The molecular weight excluding hydrogens is 655 g/mol. The van der Waals surface area contributed by atoms with E-state index in [-0.39, 0.29) is 30.5 Å². The Labute approximate surface area is 294 Å². The number of rotatable bonds is 6. The summed E-state index contributed by atoms with van der Waals surface area (Å²) in [4.78, 5) is 33.2. The van der Waals surface area contributed by atoms with Gasteiger partial charge in [0.05, 0.1) is 31.4 Å². The number of methoxy groups -OCH3 is 1. The van der Waals surface area contributed by atoms with Crippen LogP contribution in [-0.4, -0.2) is 105 Å². The van der Waals surface area contributed by atoms with Crippen molar-refractivity contribution in [2.24, 2.45) is 5.41 Å². The first kappa shape index (κ1) is 32.5. The van der Waals surface area contributed by atoms with Crippen LogP contribution in [0.25, 0.3) is 22.2 Å². The van der Waals surface area contributed by atoms with Gasteiger partial charge in [0, 0.05) is 73.3 Å². The molecule has 9 rings (SSSR count). The van der Waals surface area contributed by atoms with E-state index in [0.29, 0.717) is 31.7 Å². The van der Waals surface area contributed by atoms with Crippen molar-refractivity contribution in [1.82, 2.24) is 23.4 Å². The zero-order valence-corrected chi connectivity index (χ0v) is 29.7. The van der Waals surface area contributed by atoms with E-state index in [1.165, 1.54) is 41.1 Å². The van der Waals surface area contributed by atoms with Gasteiger partial charge in [0.2, 0.25) is 5.91 Å². The Kier molecular flexibility index (Phi) is 8.02. The normalized spacial score (nSPS) is 27.2. The molecule has 1 N–H and O–H groups in total. The average Bonchev–Trinajstić information content (AvgIpc) is 3.56. The average molecular weight is 702 g/mol. The predicted octanol–water partition coefficient (Wildman–Crippen LogP) is 4.47. The Hall–Kier alpha value is -3.45. The number of amides is 2. The summed E-state index contributed by atoms with van der Waals surface area (Å²) >= 11 is 0. The van der Waals surface area contributed by atoms with Crippen LogP contribution in [0.4, 0.5) is 0 Å². The first-order valence-corrected chi connectivity index (χ1v) is 20.0. The molecule has 4 aliphatic heterocycles. The van der Waals surface area contributed by atoms with Crippen molar-refractivity contribution in [3.05, 3.63) is 53.1 Å². The molecule has 3 saturated heterocycles. The molecule has 11 nitrogen and oxygen atoms in total. The fraction of sp³-hybridized carbons (Fsp3) is 0.579. The van der Waals surface area contributed by atoms with E-state index >= 15 is 0 Å². The predicted molar refractivity (Wildman–Crippen MR) is 189 cm³/mol. The molecule has 3 atom stereocenters. The standard InChI is InChI=1S/C38H47N5O6S/c1-48-28-10-12-29-31(21-28)32-22-38(32,37(45)41-15-14-40-13-5-8-27(40)23-41)24-43-33-20-26(36(44)39-50(46,47)42-16-18-49-19-17-42)9-11-30(33)34(35(29)43)25-6-3-2-4-7-25/h9-12,20-21,25,27,32H,2-8,13-19,22-24H2,1H3,(H,39,44)/t27-,32?,38?/m0/s1. The largest absolute Gasteiger partial charge is 0.497 e. The Balaban J connectivity index is 1.17. The number of aromatic nitrogens is 1. The highest BCUT2D eigenvalue weighted by Crippen LogP contribution is 2.66. The molecule has 1 aromatic heterocycles. The van der Waals surface area contributed by atoms with Gasteiger partial charge in [-0.25, -0.2) is 4.72 Å². The molecule has 3 aromatic rings. The molecule has 0 radical (unpaired) electrons. The number of nitrogens with one attached hydrogen (secondary N) is 1. The van der Waals surface area contributed by atoms with Gasteiger partial charge >= 0.3 is 10.2 Å². The van der Waals surface area contributed by atoms with Crippen LogP contribution in [0.2, 0.25) is 0 Å². The molecule has 2 amide bonds. The summed E-state index contributed by atoms with van der Waals surface area (Å²) in [5, 5.41) is 1.09. The lowest BCUT2D eigenvalue weighted by Gasteiger charge is -2.39. The summed E-state index contributed by atoms with van der Waals surface area (Å²) in [7, 11) is -2.33. The Morgan fingerprint density at radius 2 is 1.76 bits per heavy atom.